The summed E-state index contributed by atoms with van der Waals surface area (Å²) in [6, 6.07) is 13.9. The molecule has 0 saturated carbocycles. The van der Waals surface area contributed by atoms with Crippen molar-refractivity contribution < 1.29 is 18.7 Å². The summed E-state index contributed by atoms with van der Waals surface area (Å²) in [5.74, 6) is 0.0169. The predicted octanol–water partition coefficient (Wildman–Crippen LogP) is 4.00. The number of fused-ring (bicyclic) bond motifs is 2. The van der Waals surface area contributed by atoms with Gasteiger partial charge in [0.05, 0.1) is 0 Å². The van der Waals surface area contributed by atoms with Crippen molar-refractivity contribution in [3.05, 3.63) is 60.6 Å². The highest BCUT2D eigenvalue weighted by Gasteiger charge is 2.22. The zero-order chi connectivity index (χ0) is 22.0. The number of imidazole rings is 1. The number of nitrogens with one attached hydrogen (secondary N) is 2. The molecule has 31 heavy (non-hydrogen) atoms. The second-order valence-corrected chi connectivity index (χ2v) is 8.11. The summed E-state index contributed by atoms with van der Waals surface area (Å²) in [5.41, 5.74) is 1.14. The molecule has 0 aliphatic heterocycles. The largest absolute Gasteiger partial charge is 0.444 e. The van der Waals surface area contributed by atoms with Gasteiger partial charge in [0.2, 0.25) is 0 Å². The van der Waals surface area contributed by atoms with E-state index in [1.54, 1.807) is 31.4 Å². The number of alkyl carbamates (subject to hydrolysis) is 1. The van der Waals surface area contributed by atoms with E-state index < -0.39 is 11.7 Å². The topological polar surface area (TPSA) is 97.9 Å². The molecule has 0 atom stereocenters. The number of rotatable bonds is 5. The number of ether oxygens (including phenoxy) is 1. The first-order valence-corrected chi connectivity index (χ1v) is 10.0. The number of carbonyl (C=O) groups excluding carboxylic acids is 2. The molecule has 0 radical (unpaired) electrons. The Morgan fingerprint density at radius 1 is 1.06 bits per heavy atom. The number of hydrogen-bond acceptors (Lipinski definition) is 5. The molecule has 160 valence electrons. The van der Waals surface area contributed by atoms with Gasteiger partial charge < -0.3 is 19.8 Å². The van der Waals surface area contributed by atoms with E-state index in [0.29, 0.717) is 17.2 Å². The van der Waals surface area contributed by atoms with Crippen molar-refractivity contribution in [1.29, 1.82) is 0 Å². The van der Waals surface area contributed by atoms with Crippen LogP contribution in [0.25, 0.3) is 27.9 Å². The van der Waals surface area contributed by atoms with Gasteiger partial charge in [0.15, 0.2) is 0 Å². The Morgan fingerprint density at radius 2 is 1.81 bits per heavy atom. The molecule has 2 aromatic heterocycles. The lowest BCUT2D eigenvalue weighted by Gasteiger charge is -2.19. The molecule has 0 bridgehead atoms. The van der Waals surface area contributed by atoms with Gasteiger partial charge in [0.1, 0.15) is 23.3 Å². The van der Waals surface area contributed by atoms with Crippen LogP contribution in [-0.2, 0) is 4.74 Å². The number of benzene rings is 2. The Morgan fingerprint density at radius 3 is 2.58 bits per heavy atom. The van der Waals surface area contributed by atoms with Crippen LogP contribution in [0.2, 0.25) is 0 Å². The van der Waals surface area contributed by atoms with E-state index >= 15 is 0 Å². The van der Waals surface area contributed by atoms with E-state index in [1.807, 2.05) is 42.5 Å². The first-order valence-electron chi connectivity index (χ1n) is 10.0. The van der Waals surface area contributed by atoms with Gasteiger partial charge in [-0.1, -0.05) is 36.4 Å². The second-order valence-electron chi connectivity index (χ2n) is 8.11. The standard InChI is InChI=1S/C23H24N4O4/c1-23(2,3)31-22(29)25-11-10-24-20(28)19-18(26-21-27(19)12-13-30-21)17-9-8-15-6-4-5-7-16(15)14-17/h4-9,12-14H,10-11H2,1-3H3,(H,24,28)(H,25,29). The molecule has 0 fully saturated rings. The normalized spacial score (nSPS) is 11.6. The lowest BCUT2D eigenvalue weighted by molar-refractivity contribution is 0.0526. The van der Waals surface area contributed by atoms with Gasteiger partial charge in [-0.15, -0.1) is 0 Å². The fourth-order valence-corrected chi connectivity index (χ4v) is 3.28. The lowest BCUT2D eigenvalue weighted by Crippen LogP contribution is -2.38. The first kappa shape index (κ1) is 20.5. The van der Waals surface area contributed by atoms with Crippen LogP contribution in [0.1, 0.15) is 31.3 Å². The predicted molar refractivity (Wildman–Crippen MR) is 117 cm³/mol. The van der Waals surface area contributed by atoms with Gasteiger partial charge in [-0.3, -0.25) is 9.20 Å². The van der Waals surface area contributed by atoms with Crippen molar-refractivity contribution in [3.8, 4) is 11.3 Å². The molecule has 0 aliphatic carbocycles. The second kappa shape index (κ2) is 8.14. The van der Waals surface area contributed by atoms with Crippen molar-refractivity contribution in [1.82, 2.24) is 20.0 Å². The van der Waals surface area contributed by atoms with Crippen molar-refractivity contribution in [3.63, 3.8) is 0 Å². The van der Waals surface area contributed by atoms with E-state index in [1.165, 1.54) is 6.26 Å². The molecule has 0 spiro atoms. The number of hydrogen-bond donors (Lipinski definition) is 2. The van der Waals surface area contributed by atoms with E-state index in [9.17, 15) is 9.59 Å². The Bertz CT molecular complexity index is 1250. The Kier molecular flexibility index (Phi) is 5.37. The van der Waals surface area contributed by atoms with Gasteiger partial charge >= 0.3 is 11.9 Å². The minimum absolute atomic E-state index is 0.235. The summed E-state index contributed by atoms with van der Waals surface area (Å²) in [5, 5.41) is 7.60. The molecule has 8 nitrogen and oxygen atoms in total. The molecule has 2 aromatic carbocycles. The average molecular weight is 420 g/mol. The Hall–Kier alpha value is -3.81. The molecule has 4 aromatic rings. The number of carbonyl (C=O) groups is 2. The van der Waals surface area contributed by atoms with E-state index in [-0.39, 0.29) is 19.0 Å². The quantitative estimate of drug-likeness (QED) is 0.476. The summed E-state index contributed by atoms with van der Waals surface area (Å²) in [4.78, 5) is 29.3. The van der Waals surface area contributed by atoms with Crippen molar-refractivity contribution >= 4 is 28.6 Å². The summed E-state index contributed by atoms with van der Waals surface area (Å²) < 4.78 is 12.2. The minimum Gasteiger partial charge on any atom is -0.444 e. The van der Waals surface area contributed by atoms with Crippen LogP contribution in [0.4, 0.5) is 4.79 Å². The fraction of sp³-hybridized carbons (Fsp3) is 0.261. The van der Waals surface area contributed by atoms with Crippen LogP contribution < -0.4 is 10.6 Å². The fourth-order valence-electron chi connectivity index (χ4n) is 3.28. The number of aromatic nitrogens is 2. The Labute approximate surface area is 179 Å². The van der Waals surface area contributed by atoms with Crippen molar-refractivity contribution in [2.24, 2.45) is 0 Å². The first-order chi connectivity index (χ1) is 14.8. The zero-order valence-electron chi connectivity index (χ0n) is 17.6. The molecule has 4 rings (SSSR count). The molecule has 2 heterocycles. The van der Waals surface area contributed by atoms with Crippen molar-refractivity contribution in [2.45, 2.75) is 26.4 Å². The summed E-state index contributed by atoms with van der Waals surface area (Å²) in [6.07, 6.45) is 2.61. The third-order valence-electron chi connectivity index (χ3n) is 4.58. The summed E-state index contributed by atoms with van der Waals surface area (Å²) >= 11 is 0. The van der Waals surface area contributed by atoms with Gasteiger partial charge in [-0.25, -0.2) is 4.79 Å². The molecule has 0 aliphatic rings. The van der Waals surface area contributed by atoms with Crippen LogP contribution in [-0.4, -0.2) is 40.1 Å². The molecule has 2 N–H and O–H groups in total. The van der Waals surface area contributed by atoms with E-state index in [0.717, 1.165) is 16.3 Å². The zero-order valence-corrected chi connectivity index (χ0v) is 17.6. The lowest BCUT2D eigenvalue weighted by atomic mass is 10.0. The highest BCUT2D eigenvalue weighted by atomic mass is 16.6. The summed E-state index contributed by atoms with van der Waals surface area (Å²) in [6.45, 7) is 5.84. The summed E-state index contributed by atoms with van der Waals surface area (Å²) in [7, 11) is 0. The van der Waals surface area contributed by atoms with Crippen LogP contribution in [0.3, 0.4) is 0 Å². The maximum atomic E-state index is 13.0. The molecular formula is C23H24N4O4. The van der Waals surface area contributed by atoms with Crippen LogP contribution in [0, 0.1) is 0 Å². The molecule has 0 saturated heterocycles. The third-order valence-corrected chi connectivity index (χ3v) is 4.58. The monoisotopic (exact) mass is 420 g/mol. The smallest absolute Gasteiger partial charge is 0.407 e. The highest BCUT2D eigenvalue weighted by Crippen LogP contribution is 2.28. The van der Waals surface area contributed by atoms with Crippen LogP contribution in [0.5, 0.6) is 0 Å². The highest BCUT2D eigenvalue weighted by molar-refractivity contribution is 6.00. The van der Waals surface area contributed by atoms with Gasteiger partial charge in [-0.2, -0.15) is 4.98 Å². The van der Waals surface area contributed by atoms with Gasteiger partial charge in [0, 0.05) is 24.8 Å². The van der Waals surface area contributed by atoms with Crippen LogP contribution in [0.15, 0.2) is 59.3 Å². The van der Waals surface area contributed by atoms with E-state index in [2.05, 4.69) is 15.6 Å². The Balaban J connectivity index is 1.52. The third kappa shape index (κ3) is 4.53. The van der Waals surface area contributed by atoms with E-state index in [4.69, 9.17) is 9.15 Å². The maximum Gasteiger partial charge on any atom is 0.407 e. The maximum absolute atomic E-state index is 13.0. The van der Waals surface area contributed by atoms with Gasteiger partial charge in [0.25, 0.3) is 5.91 Å². The molecule has 8 heteroatoms. The SMILES string of the molecule is CC(C)(C)OC(=O)NCCNC(=O)c1c(-c2ccc3ccccc3c2)nc2occn12. The molecular weight excluding hydrogens is 396 g/mol. The molecule has 2 amide bonds. The van der Waals surface area contributed by atoms with Gasteiger partial charge in [-0.05, 0) is 37.6 Å². The number of oxazole rings is 1. The minimum atomic E-state index is -0.577. The van der Waals surface area contributed by atoms with Crippen LogP contribution >= 0.6 is 0 Å². The number of amides is 2. The average Bonchev–Trinajstić information content (AvgIpc) is 3.30. The number of nitrogens with zero attached hydrogens (tertiary/aromatic N) is 2. The van der Waals surface area contributed by atoms with Crippen molar-refractivity contribution in [2.75, 3.05) is 13.1 Å². The molecule has 0 unspecified atom stereocenters.